The van der Waals surface area contributed by atoms with Crippen molar-refractivity contribution < 1.29 is 44.7 Å². The van der Waals surface area contributed by atoms with Crippen LogP contribution in [0.2, 0.25) is 0 Å². The van der Waals surface area contributed by atoms with Crippen molar-refractivity contribution >= 4 is 23.6 Å². The van der Waals surface area contributed by atoms with Crippen LogP contribution in [-0.2, 0) is 32.0 Å². The summed E-state index contributed by atoms with van der Waals surface area (Å²) in [5.41, 5.74) is 12.3. The molecule has 0 fully saturated rings. The van der Waals surface area contributed by atoms with Crippen LogP contribution in [0.5, 0.6) is 23.0 Å². The minimum absolute atomic E-state index is 0.0527. The number of benzene rings is 2. The highest BCUT2D eigenvalue weighted by molar-refractivity contribution is 5.85. The van der Waals surface area contributed by atoms with Crippen molar-refractivity contribution in [3.8, 4) is 23.0 Å². The van der Waals surface area contributed by atoms with Crippen LogP contribution in [0.4, 0.5) is 0 Å². The second-order valence-electron chi connectivity index (χ2n) is 11.1. The van der Waals surface area contributed by atoms with Crippen LogP contribution in [-0.4, -0.2) is 99.3 Å². The summed E-state index contributed by atoms with van der Waals surface area (Å²) in [6.45, 7) is 5.26. The third kappa shape index (κ3) is 18.4. The van der Waals surface area contributed by atoms with Gasteiger partial charge in [-0.2, -0.15) is 0 Å². The molecule has 0 aliphatic rings. The number of amides is 2. The number of phenolic OH excluding ortho intramolecular Hbond substituents is 4. The van der Waals surface area contributed by atoms with E-state index in [-0.39, 0.29) is 47.0 Å². The number of nitrogens with zero attached hydrogens (tertiary/aromatic N) is 1. The highest BCUT2D eigenvalue weighted by Gasteiger charge is 2.14. The number of aromatic hydroxyl groups is 4. The number of rotatable bonds is 21. The first-order valence-electron chi connectivity index (χ1n) is 15.8. The van der Waals surface area contributed by atoms with Gasteiger partial charge < -0.3 is 52.5 Å². The number of ketones is 1. The van der Waals surface area contributed by atoms with Gasteiger partial charge in [0, 0.05) is 32.5 Å². The number of carboxylic acids is 1. The molecule has 0 aliphatic heterocycles. The van der Waals surface area contributed by atoms with Crippen molar-refractivity contribution in [1.82, 2.24) is 15.5 Å². The van der Waals surface area contributed by atoms with Gasteiger partial charge in [-0.05, 0) is 100 Å². The van der Waals surface area contributed by atoms with Crippen molar-refractivity contribution in [1.29, 1.82) is 0 Å². The molecule has 2 rings (SSSR count). The summed E-state index contributed by atoms with van der Waals surface area (Å²) >= 11 is 0. The third-order valence-electron chi connectivity index (χ3n) is 7.13. The Morgan fingerprint density at radius 3 is 1.83 bits per heavy atom. The third-order valence-corrected chi connectivity index (χ3v) is 7.13. The van der Waals surface area contributed by atoms with E-state index in [9.17, 15) is 39.6 Å². The Morgan fingerprint density at radius 2 is 1.32 bits per heavy atom. The van der Waals surface area contributed by atoms with Crippen LogP contribution >= 0.6 is 0 Å². The topological polar surface area (TPSA) is 249 Å². The molecule has 0 aromatic heterocycles. The maximum absolute atomic E-state index is 12.7. The molecule has 0 spiro atoms. The molecule has 11 N–H and O–H groups in total. The molecule has 0 heterocycles. The zero-order chi connectivity index (χ0) is 35.2. The Morgan fingerprint density at radius 1 is 0.766 bits per heavy atom. The first-order valence-corrected chi connectivity index (χ1v) is 15.8. The molecule has 14 heteroatoms. The maximum Gasteiger partial charge on any atom is 0.305 e. The molecule has 14 nitrogen and oxygen atoms in total. The van der Waals surface area contributed by atoms with E-state index >= 15 is 0 Å². The molecule has 2 aromatic rings. The number of Topliss-reactive ketones (excluding diaryl/α,β-unsaturated/α-hetero) is 1. The zero-order valence-corrected chi connectivity index (χ0v) is 27.1. The van der Waals surface area contributed by atoms with E-state index in [0.29, 0.717) is 51.9 Å². The van der Waals surface area contributed by atoms with Gasteiger partial charge in [-0.1, -0.05) is 12.1 Å². The number of hydrogen-bond donors (Lipinski definition) is 9. The molecule has 47 heavy (non-hydrogen) atoms. The predicted octanol–water partition coefficient (Wildman–Crippen LogP) is 1.51. The first-order chi connectivity index (χ1) is 22.3. The molecule has 0 radical (unpaired) electrons. The highest BCUT2D eigenvalue weighted by atomic mass is 16.4. The molecule has 0 saturated carbocycles. The molecular weight excluding hydrogens is 610 g/mol. The second kappa shape index (κ2) is 23.0. The molecule has 262 valence electrons. The standard InChI is InChI=1S/C28H42N4O6.C5H9NO3/c29-13-3-18-32(28(38)12-8-22-6-10-24(34)26(36)20-22)17-2-1-14-30-15-4-16-31-27(37)11-7-21-5-9-23(33)25(35)19-21;1-3(7)4(6)2-5(8)9/h5-6,9-10,19-20,30,33-36H,1-4,7-8,11-18,29H2,(H,31,37);4H,2,6H2,1H3,(H,8,9)/t;4-/m.0/s1. The molecule has 0 saturated heterocycles. The Labute approximate surface area is 275 Å². The SMILES string of the molecule is CC(=O)[C@@H](N)CC(=O)O.NCCCN(CCCCNCCCNC(=O)CCc1ccc(O)c(O)c1)C(=O)CCc1ccc(O)c(O)c1. The first kappa shape index (κ1) is 40.6. The average molecular weight is 662 g/mol. The highest BCUT2D eigenvalue weighted by Crippen LogP contribution is 2.26. The number of nitrogens with one attached hydrogen (secondary N) is 2. The number of carbonyl (C=O) groups excluding carboxylic acids is 3. The number of carbonyl (C=O) groups is 4. The predicted molar refractivity (Wildman–Crippen MR) is 177 cm³/mol. The molecule has 0 unspecified atom stereocenters. The number of nitrogens with two attached hydrogens (primary N) is 2. The van der Waals surface area contributed by atoms with Crippen molar-refractivity contribution in [2.75, 3.05) is 39.3 Å². The lowest BCUT2D eigenvalue weighted by molar-refractivity contribution is -0.139. The molecular formula is C33H51N5O9. The van der Waals surface area contributed by atoms with E-state index in [2.05, 4.69) is 10.6 Å². The molecule has 1 atom stereocenters. The van der Waals surface area contributed by atoms with E-state index in [1.807, 2.05) is 4.90 Å². The fourth-order valence-electron chi connectivity index (χ4n) is 4.30. The second-order valence-corrected chi connectivity index (χ2v) is 11.1. The van der Waals surface area contributed by atoms with Crippen LogP contribution in [0.25, 0.3) is 0 Å². The number of aliphatic carboxylic acids is 1. The fraction of sp³-hybridized carbons (Fsp3) is 0.515. The monoisotopic (exact) mass is 661 g/mol. The van der Waals surface area contributed by atoms with E-state index in [1.165, 1.54) is 31.2 Å². The van der Waals surface area contributed by atoms with E-state index in [0.717, 1.165) is 49.9 Å². The largest absolute Gasteiger partial charge is 0.504 e. The van der Waals surface area contributed by atoms with Gasteiger partial charge in [-0.15, -0.1) is 0 Å². The van der Waals surface area contributed by atoms with E-state index in [1.54, 1.807) is 12.1 Å². The van der Waals surface area contributed by atoms with Gasteiger partial charge in [0.05, 0.1) is 12.5 Å². The minimum atomic E-state index is -1.04. The van der Waals surface area contributed by atoms with Crippen LogP contribution < -0.4 is 22.1 Å². The van der Waals surface area contributed by atoms with E-state index in [4.69, 9.17) is 16.6 Å². The Kier molecular flexibility index (Phi) is 19.9. The quantitative estimate of drug-likeness (QED) is 0.0682. The summed E-state index contributed by atoms with van der Waals surface area (Å²) < 4.78 is 0. The molecule has 0 bridgehead atoms. The molecule has 2 aromatic carbocycles. The number of hydrogen-bond acceptors (Lipinski definition) is 11. The Hall–Kier alpha value is -4.40. The zero-order valence-electron chi connectivity index (χ0n) is 27.1. The smallest absolute Gasteiger partial charge is 0.305 e. The van der Waals surface area contributed by atoms with Crippen molar-refractivity contribution in [3.05, 3.63) is 47.5 Å². The normalized spacial score (nSPS) is 11.2. The van der Waals surface area contributed by atoms with Gasteiger partial charge in [0.2, 0.25) is 11.8 Å². The van der Waals surface area contributed by atoms with Crippen molar-refractivity contribution in [2.24, 2.45) is 11.5 Å². The van der Waals surface area contributed by atoms with Crippen LogP contribution in [0, 0.1) is 0 Å². The minimum Gasteiger partial charge on any atom is -0.504 e. The number of unbranched alkanes of at least 4 members (excludes halogenated alkanes) is 1. The van der Waals surface area contributed by atoms with Gasteiger partial charge in [-0.3, -0.25) is 19.2 Å². The van der Waals surface area contributed by atoms with Crippen molar-refractivity contribution in [3.63, 3.8) is 0 Å². The Bertz CT molecular complexity index is 1280. The molecule has 2 amide bonds. The van der Waals surface area contributed by atoms with Gasteiger partial charge in [0.1, 0.15) is 5.78 Å². The van der Waals surface area contributed by atoms with Crippen molar-refractivity contribution in [2.45, 2.75) is 70.8 Å². The lowest BCUT2D eigenvalue weighted by Gasteiger charge is -2.23. The van der Waals surface area contributed by atoms with Gasteiger partial charge in [0.15, 0.2) is 23.0 Å². The lowest BCUT2D eigenvalue weighted by atomic mass is 10.1. The van der Waals surface area contributed by atoms with Gasteiger partial charge in [-0.25, -0.2) is 0 Å². The van der Waals surface area contributed by atoms with Gasteiger partial charge in [0.25, 0.3) is 0 Å². The average Bonchev–Trinajstić information content (AvgIpc) is 3.02. The summed E-state index contributed by atoms with van der Waals surface area (Å²) in [4.78, 5) is 46.7. The van der Waals surface area contributed by atoms with E-state index < -0.39 is 12.0 Å². The summed E-state index contributed by atoms with van der Waals surface area (Å²) in [6.07, 6.45) is 4.68. The summed E-state index contributed by atoms with van der Waals surface area (Å²) in [5, 5.41) is 52.3. The Balaban J connectivity index is 0.00000107. The summed E-state index contributed by atoms with van der Waals surface area (Å²) in [6, 6.07) is 8.32. The van der Waals surface area contributed by atoms with Crippen LogP contribution in [0.15, 0.2) is 36.4 Å². The summed E-state index contributed by atoms with van der Waals surface area (Å²) in [5.74, 6) is -2.05. The summed E-state index contributed by atoms with van der Waals surface area (Å²) in [7, 11) is 0. The fourth-order valence-corrected chi connectivity index (χ4v) is 4.30. The van der Waals surface area contributed by atoms with Crippen LogP contribution in [0.3, 0.4) is 0 Å². The number of carboxylic acid groups (broad SMARTS) is 1. The number of phenols is 4. The van der Waals surface area contributed by atoms with Crippen LogP contribution in [0.1, 0.15) is 63.0 Å². The van der Waals surface area contributed by atoms with Gasteiger partial charge >= 0.3 is 5.97 Å². The number of aryl methyl sites for hydroxylation is 2. The molecule has 0 aliphatic carbocycles. The lowest BCUT2D eigenvalue weighted by Crippen LogP contribution is -2.34. The maximum atomic E-state index is 12.7.